The summed E-state index contributed by atoms with van der Waals surface area (Å²) in [5.74, 6) is -9.17. The predicted molar refractivity (Wildman–Crippen MR) is 301 cm³/mol. The normalized spacial score (nSPS) is 14.3. The second-order valence-electron chi connectivity index (χ2n) is 18.6. The molecule has 0 aromatic heterocycles. The topological polar surface area (TPSA) is 271 Å². The molecule has 1 saturated heterocycles. The maximum atomic E-state index is 13.8. The Balaban J connectivity index is 0.835. The lowest BCUT2D eigenvalue weighted by atomic mass is 10.0. The van der Waals surface area contributed by atoms with E-state index in [4.69, 9.17) is 53.2 Å². The van der Waals surface area contributed by atoms with E-state index in [0.29, 0.717) is 127 Å². The van der Waals surface area contributed by atoms with Crippen LogP contribution in [-0.4, -0.2) is 211 Å². The number of sulfonamides is 1. The van der Waals surface area contributed by atoms with E-state index < -0.39 is 57.7 Å². The number of nitrogens with zero attached hydrogens (tertiary/aromatic N) is 4. The highest BCUT2D eigenvalue weighted by atomic mass is 32.2. The molecule has 2 heterocycles. The van der Waals surface area contributed by atoms with Crippen LogP contribution in [0.3, 0.4) is 0 Å². The minimum Gasteiger partial charge on any atom is -0.420 e. The number of halogens is 4. The van der Waals surface area contributed by atoms with Crippen LogP contribution in [0.25, 0.3) is 17.2 Å². The molecule has 2 aliphatic heterocycles. The number of benzene rings is 3. The van der Waals surface area contributed by atoms with Crippen molar-refractivity contribution in [3.63, 3.8) is 0 Å². The van der Waals surface area contributed by atoms with Gasteiger partial charge < -0.3 is 68.8 Å². The number of carbonyl (C=O) groups excluding carboxylic acids is 2. The molecule has 0 aliphatic carbocycles. The van der Waals surface area contributed by atoms with Crippen LogP contribution in [0.1, 0.15) is 45.6 Å². The van der Waals surface area contributed by atoms with Crippen molar-refractivity contribution >= 4 is 45.5 Å². The first-order valence-electron chi connectivity index (χ1n) is 27.8. The summed E-state index contributed by atoms with van der Waals surface area (Å²) in [6, 6.07) is 12.3. The van der Waals surface area contributed by atoms with Gasteiger partial charge in [-0.25, -0.2) is 27.3 Å². The average Bonchev–Trinajstić information content (AvgIpc) is 2.19. The predicted octanol–water partition coefficient (Wildman–Crippen LogP) is 4.52. The lowest BCUT2D eigenvalue weighted by Gasteiger charge is -2.37. The zero-order chi connectivity index (χ0) is 60.5. The Morgan fingerprint density at radius 2 is 1.31 bits per heavy atom. The molecule has 1 unspecified atom stereocenters. The number of nitrogens with two attached hydrogens (primary N) is 1. The van der Waals surface area contributed by atoms with Gasteiger partial charge >= 0.3 is 5.97 Å². The van der Waals surface area contributed by atoms with Gasteiger partial charge in [0.05, 0.1) is 143 Å². The maximum Gasteiger partial charge on any atom is 0.313 e. The third-order valence-corrected chi connectivity index (χ3v) is 14.0. The molecule has 5 rings (SSSR count). The third-order valence-electron chi connectivity index (χ3n) is 12.1. The molecule has 2 aliphatic rings. The average molecular weight is 1210 g/mol. The van der Waals surface area contributed by atoms with Gasteiger partial charge in [0.1, 0.15) is 5.84 Å². The Bertz CT molecular complexity index is 2680. The smallest absolute Gasteiger partial charge is 0.313 e. The van der Waals surface area contributed by atoms with Crippen molar-refractivity contribution in [2.45, 2.75) is 51.2 Å². The van der Waals surface area contributed by atoms with E-state index >= 15 is 0 Å². The van der Waals surface area contributed by atoms with E-state index in [-0.39, 0.29) is 94.4 Å². The summed E-state index contributed by atoms with van der Waals surface area (Å²) in [4.78, 5) is 40.0. The maximum absolute atomic E-state index is 13.8. The van der Waals surface area contributed by atoms with Gasteiger partial charge in [0.25, 0.3) is 5.91 Å². The van der Waals surface area contributed by atoms with Gasteiger partial charge in [-0.05, 0) is 55.7 Å². The lowest BCUT2D eigenvalue weighted by Crippen LogP contribution is -2.52. The number of hydrogen-bond donors (Lipinski definition) is 4. The standard InChI is InChI=1S/C56H79F4N7O16S/c1-4-13-67(82-6-3)55(70)44-31-43-11-10-42(33-48(43)64-49(61)34-44)41-8-7-9-45(32-41)84(71,72)66-37-40(38-66)36-63-56(62-5-2)65-50(39-68)81-30-29-80-28-27-79-26-25-78-24-23-77-22-21-76-20-19-75-18-17-74-16-15-73-14-12-51(69)83-54-52(59)46(57)35-47(58)53(54)60/h7-11,31-33,35,40,50,68H,4-6,12-30,34,36-39H2,1-3H3,(H2,61,64)(H2,62,63,65). The molecule has 5 N–H and O–H groups in total. The Kier molecular flexibility index (Phi) is 31.5. The summed E-state index contributed by atoms with van der Waals surface area (Å²) >= 11 is 0. The van der Waals surface area contributed by atoms with Crippen LogP contribution in [0.2, 0.25) is 0 Å². The molecule has 84 heavy (non-hydrogen) atoms. The number of carbonyl (C=O) groups is 2. The van der Waals surface area contributed by atoms with Gasteiger partial charge in [-0.3, -0.25) is 19.4 Å². The van der Waals surface area contributed by atoms with Gasteiger partial charge in [0.15, 0.2) is 23.8 Å². The molecule has 0 bridgehead atoms. The molecular formula is C56H79F4N7O16S. The van der Waals surface area contributed by atoms with E-state index in [0.717, 1.165) is 12.0 Å². The monoisotopic (exact) mass is 1210 g/mol. The molecule has 468 valence electrons. The molecular weight excluding hydrogens is 1130 g/mol. The van der Waals surface area contributed by atoms with Gasteiger partial charge in [-0.1, -0.05) is 31.2 Å². The van der Waals surface area contributed by atoms with Crippen molar-refractivity contribution in [2.24, 2.45) is 21.6 Å². The molecule has 28 heteroatoms. The lowest BCUT2D eigenvalue weighted by molar-refractivity contribution is -0.180. The summed E-state index contributed by atoms with van der Waals surface area (Å²) in [5.41, 5.74) is 9.43. The van der Waals surface area contributed by atoms with Crippen molar-refractivity contribution in [3.05, 3.63) is 82.9 Å². The highest BCUT2D eigenvalue weighted by Crippen LogP contribution is 2.34. The number of aliphatic hydroxyl groups excluding tert-OH is 1. The number of amides is 1. The molecule has 1 fully saturated rings. The summed E-state index contributed by atoms with van der Waals surface area (Å²) in [7, 11) is -3.81. The Hall–Kier alpha value is -5.73. The van der Waals surface area contributed by atoms with Crippen LogP contribution in [0.5, 0.6) is 5.75 Å². The van der Waals surface area contributed by atoms with Gasteiger partial charge in [-0.15, -0.1) is 0 Å². The number of ether oxygens (including phenoxy) is 10. The van der Waals surface area contributed by atoms with Crippen molar-refractivity contribution < 1.29 is 92.9 Å². The molecule has 0 radical (unpaired) electrons. The highest BCUT2D eigenvalue weighted by molar-refractivity contribution is 7.89. The highest BCUT2D eigenvalue weighted by Gasteiger charge is 2.37. The SMILES string of the molecule is CCCN(OCC)C(=O)C1=Cc2ccc(-c3cccc(S(=O)(=O)N4CC(C/N=C(\NCC)NC(CO)OCCOCCOCCOCCOCCOCCOCCOCCOCCC(=O)Oc5c(F)c(F)cc(F)c5F)C4)c3)cc2N=C(N)C1. The van der Waals surface area contributed by atoms with E-state index in [2.05, 4.69) is 25.4 Å². The number of fused-ring (bicyclic) bond motifs is 1. The minimum absolute atomic E-state index is 0.0109. The summed E-state index contributed by atoms with van der Waals surface area (Å²) < 4.78 is 136. The van der Waals surface area contributed by atoms with Crippen LogP contribution in [0, 0.1) is 29.2 Å². The second-order valence-corrected chi connectivity index (χ2v) is 20.5. The molecule has 0 saturated carbocycles. The van der Waals surface area contributed by atoms with Crippen molar-refractivity contribution in [3.8, 4) is 16.9 Å². The van der Waals surface area contributed by atoms with Gasteiger partial charge in [0.2, 0.25) is 27.4 Å². The first kappa shape index (κ1) is 69.0. The summed E-state index contributed by atoms with van der Waals surface area (Å²) in [5, 5.41) is 17.5. The van der Waals surface area contributed by atoms with E-state index in [9.17, 15) is 40.7 Å². The second kappa shape index (κ2) is 38.3. The number of guanidine groups is 1. The van der Waals surface area contributed by atoms with Crippen LogP contribution >= 0.6 is 0 Å². The Labute approximate surface area is 487 Å². The molecule has 1 atom stereocenters. The van der Waals surface area contributed by atoms with Crippen molar-refractivity contribution in [1.29, 1.82) is 0 Å². The minimum atomic E-state index is -3.81. The van der Waals surface area contributed by atoms with E-state index in [1.165, 1.54) is 9.37 Å². The number of esters is 1. The first-order valence-corrected chi connectivity index (χ1v) is 29.3. The van der Waals surface area contributed by atoms with Crippen molar-refractivity contribution in [2.75, 3.05) is 158 Å². The zero-order valence-corrected chi connectivity index (χ0v) is 48.6. The van der Waals surface area contributed by atoms with Crippen LogP contribution < -0.4 is 21.1 Å². The third kappa shape index (κ3) is 23.6. The number of amidine groups is 1. The molecule has 0 spiro atoms. The summed E-state index contributed by atoms with van der Waals surface area (Å²) in [6.07, 6.45) is 1.48. The zero-order valence-electron chi connectivity index (χ0n) is 47.8. The molecule has 1 amide bonds. The van der Waals surface area contributed by atoms with Crippen LogP contribution in [-0.2, 0) is 67.1 Å². The fourth-order valence-corrected chi connectivity index (χ4v) is 9.59. The number of aliphatic hydroxyl groups is 1. The number of hydroxylamine groups is 2. The summed E-state index contributed by atoms with van der Waals surface area (Å²) in [6.45, 7) is 12.4. The van der Waals surface area contributed by atoms with E-state index in [1.54, 1.807) is 24.3 Å². The van der Waals surface area contributed by atoms with Gasteiger partial charge in [0, 0.05) is 62.3 Å². The number of hydrogen-bond acceptors (Lipinski definition) is 19. The quantitative estimate of drug-likeness (QED) is 0.00699. The fourth-order valence-electron chi connectivity index (χ4n) is 7.96. The van der Waals surface area contributed by atoms with Crippen LogP contribution in [0.4, 0.5) is 23.2 Å². The van der Waals surface area contributed by atoms with Gasteiger partial charge in [-0.2, -0.15) is 13.1 Å². The fraction of sp³-hybridized carbons (Fsp3) is 0.571. The Morgan fingerprint density at radius 3 is 1.85 bits per heavy atom. The molecule has 3 aromatic rings. The first-order chi connectivity index (χ1) is 40.7. The molecule has 23 nitrogen and oxygen atoms in total. The van der Waals surface area contributed by atoms with Crippen molar-refractivity contribution in [1.82, 2.24) is 20.0 Å². The van der Waals surface area contributed by atoms with E-state index in [1.807, 2.05) is 45.0 Å². The number of nitrogens with one attached hydrogen (secondary N) is 2. The molecule has 3 aromatic carbocycles. The number of rotatable bonds is 42. The largest absolute Gasteiger partial charge is 0.420 e. The number of aliphatic imine (C=N–C) groups is 2. The van der Waals surface area contributed by atoms with Crippen LogP contribution in [0.15, 0.2) is 69.0 Å². The Morgan fingerprint density at radius 1 is 0.762 bits per heavy atom.